The van der Waals surface area contributed by atoms with Crippen LogP contribution in [0.1, 0.15) is 12.5 Å². The number of aliphatic hydroxyl groups is 4. The molecule has 2 aliphatic heterocycles. The molecule has 2 saturated heterocycles. The molecule has 4 aromatic rings. The van der Waals surface area contributed by atoms with Gasteiger partial charge in [-0.3, -0.25) is 18.2 Å². The van der Waals surface area contributed by atoms with E-state index >= 15 is 0 Å². The van der Waals surface area contributed by atoms with Crippen molar-refractivity contribution in [3.8, 4) is 0 Å². The normalized spacial score (nSPS) is 31.2. The quantitative estimate of drug-likeness (QED) is 0.0671. The first-order valence-corrected chi connectivity index (χ1v) is 18.1. The summed E-state index contributed by atoms with van der Waals surface area (Å²) in [4.78, 5) is 53.8. The van der Waals surface area contributed by atoms with Crippen molar-refractivity contribution in [1.82, 2.24) is 39.0 Å². The monoisotopic (exact) mass is 756 g/mol. The molecule has 0 bridgehead atoms. The Balaban J connectivity index is 1.08. The molecule has 11 N–H and O–H groups in total. The second kappa shape index (κ2) is 13.2. The van der Waals surface area contributed by atoms with Gasteiger partial charge in [0.05, 0.1) is 25.9 Å². The van der Waals surface area contributed by atoms with Gasteiger partial charge in [0.2, 0.25) is 0 Å². The number of phosphoric ester groups is 2. The molecule has 0 radical (unpaired) electrons. The van der Waals surface area contributed by atoms with E-state index in [1.54, 1.807) is 0 Å². The van der Waals surface area contributed by atoms with Crippen LogP contribution in [0.2, 0.25) is 0 Å². The fourth-order valence-corrected chi connectivity index (χ4v) is 8.80. The van der Waals surface area contributed by atoms with Gasteiger partial charge in [-0.2, -0.15) is 8.62 Å². The zero-order chi connectivity index (χ0) is 35.5. The number of rotatable bonds is 12. The van der Waals surface area contributed by atoms with E-state index in [4.69, 9.17) is 25.5 Å². The first-order chi connectivity index (χ1) is 23.0. The number of ether oxygens (including phenoxy) is 2. The van der Waals surface area contributed by atoms with Gasteiger partial charge in [0.25, 0.3) is 0 Å². The number of aromatic nitrogens is 8. The van der Waals surface area contributed by atoms with E-state index in [1.807, 2.05) is 0 Å². The third kappa shape index (κ3) is 7.09. The minimum atomic E-state index is -6.01. The number of phosphoric acid groups is 3. The summed E-state index contributed by atoms with van der Waals surface area (Å²) in [6, 6.07) is 0. The molecule has 0 aromatic carbocycles. The molecule has 4 aromatic heterocycles. The minimum Gasteiger partial charge on any atom is -0.394 e. The van der Waals surface area contributed by atoms with Crippen LogP contribution in [0.25, 0.3) is 22.3 Å². The standard InChI is InChI=1S/C20H27N10O16P3/c21-15-9-17(25-3-23-15)29(5-27-9)19-12(33)11(32)8(43-19)2-41-47(35,36)45-49(39,40)46-48(37,38)44-14-7(1-31)42-20(13(14)34)30-6-28-10-16(22)24-4-26-18(10)30/h3-8,11-14,19-20,31-34H,1-2H2,(H,35,36)(H,37,38)(H,39,40)(H2,21,23,25)(H2,22,24,26). The lowest BCUT2D eigenvalue weighted by molar-refractivity contribution is -0.0510. The van der Waals surface area contributed by atoms with Crippen molar-refractivity contribution in [2.45, 2.75) is 49.1 Å². The highest BCUT2D eigenvalue weighted by atomic mass is 31.3. The van der Waals surface area contributed by atoms with Crippen LogP contribution in [-0.4, -0.2) is 124 Å². The Hall–Kier alpha value is -3.13. The maximum absolute atomic E-state index is 12.7. The fourth-order valence-electron chi connectivity index (χ4n) is 5.08. The van der Waals surface area contributed by atoms with Gasteiger partial charge in [-0.15, -0.1) is 0 Å². The summed E-state index contributed by atoms with van der Waals surface area (Å²) >= 11 is 0. The Bertz CT molecular complexity index is 2000. The lowest BCUT2D eigenvalue weighted by Gasteiger charge is -2.24. The van der Waals surface area contributed by atoms with Crippen LogP contribution in [0.5, 0.6) is 0 Å². The van der Waals surface area contributed by atoms with E-state index in [9.17, 15) is 48.8 Å². The molecule has 6 rings (SSSR count). The molecular formula is C20H27N10O16P3. The molecule has 2 fully saturated rings. The second-order valence-electron chi connectivity index (χ2n) is 10.4. The average Bonchev–Trinajstić information content (AvgIpc) is 3.77. The van der Waals surface area contributed by atoms with Gasteiger partial charge in [-0.25, -0.2) is 43.6 Å². The van der Waals surface area contributed by atoms with Gasteiger partial charge in [0.15, 0.2) is 35.4 Å². The topological polar surface area (TPSA) is 387 Å². The highest BCUT2D eigenvalue weighted by Gasteiger charge is 2.52. The van der Waals surface area contributed by atoms with Gasteiger partial charge in [0, 0.05) is 0 Å². The SMILES string of the molecule is Nc1ncnc2c1ncn2C1OC(COP(=O)(O)OP(=O)(O)OP(=O)(O)OC2C(CO)OC(n3cnc4c(N)ncnc43)C2O)C(O)C1O. The fraction of sp³-hybridized carbons (Fsp3) is 0.500. The van der Waals surface area contributed by atoms with Gasteiger partial charge >= 0.3 is 23.5 Å². The summed E-state index contributed by atoms with van der Waals surface area (Å²) < 4.78 is 68.7. The number of nitrogens with two attached hydrogens (primary N) is 2. The smallest absolute Gasteiger partial charge is 0.394 e. The molecule has 2 aliphatic rings. The van der Waals surface area contributed by atoms with Crippen LogP contribution < -0.4 is 11.5 Å². The first kappa shape index (κ1) is 35.7. The van der Waals surface area contributed by atoms with Crippen LogP contribution in [0.4, 0.5) is 11.6 Å². The van der Waals surface area contributed by atoms with E-state index < -0.39 is 85.8 Å². The third-order valence-corrected chi connectivity index (χ3v) is 11.5. The molecule has 0 saturated carbocycles. The van der Waals surface area contributed by atoms with E-state index in [-0.39, 0.29) is 34.0 Å². The van der Waals surface area contributed by atoms with Crippen LogP contribution in [0.15, 0.2) is 25.3 Å². The van der Waals surface area contributed by atoms with Gasteiger partial charge in [0.1, 0.15) is 60.3 Å². The van der Waals surface area contributed by atoms with E-state index in [0.29, 0.717) is 0 Å². The van der Waals surface area contributed by atoms with Gasteiger partial charge in [-0.05, 0) is 0 Å². The average molecular weight is 756 g/mol. The zero-order valence-corrected chi connectivity index (χ0v) is 26.9. The van der Waals surface area contributed by atoms with Crippen molar-refractivity contribution >= 4 is 57.4 Å². The van der Waals surface area contributed by atoms with Crippen molar-refractivity contribution < 1.29 is 75.9 Å². The van der Waals surface area contributed by atoms with Gasteiger partial charge < -0.3 is 56.0 Å². The molecule has 29 heteroatoms. The van der Waals surface area contributed by atoms with Crippen molar-refractivity contribution in [2.75, 3.05) is 24.7 Å². The third-order valence-electron chi connectivity index (χ3n) is 7.22. The number of nitrogen functional groups attached to an aromatic ring is 2. The Labute approximate surface area is 271 Å². The molecular weight excluding hydrogens is 729 g/mol. The molecule has 0 amide bonds. The molecule has 0 aliphatic carbocycles. The number of nitrogens with zero attached hydrogens (tertiary/aromatic N) is 8. The largest absolute Gasteiger partial charge is 0.490 e. The lowest BCUT2D eigenvalue weighted by atomic mass is 10.1. The summed E-state index contributed by atoms with van der Waals surface area (Å²) in [6.07, 6.45) is -8.56. The predicted molar refractivity (Wildman–Crippen MR) is 155 cm³/mol. The van der Waals surface area contributed by atoms with Crippen LogP contribution in [0.3, 0.4) is 0 Å². The molecule has 0 spiro atoms. The Morgan fingerprint density at radius 1 is 0.714 bits per heavy atom. The Kier molecular flexibility index (Phi) is 9.62. The van der Waals surface area contributed by atoms with Crippen LogP contribution in [0, 0.1) is 0 Å². The Morgan fingerprint density at radius 2 is 1.22 bits per heavy atom. The molecule has 268 valence electrons. The summed E-state index contributed by atoms with van der Waals surface area (Å²) in [6.45, 7) is -1.94. The lowest BCUT2D eigenvalue weighted by Crippen LogP contribution is -2.35. The van der Waals surface area contributed by atoms with Crippen LogP contribution in [-0.2, 0) is 40.8 Å². The predicted octanol–water partition coefficient (Wildman–Crippen LogP) is -2.56. The van der Waals surface area contributed by atoms with Gasteiger partial charge in [-0.1, -0.05) is 0 Å². The maximum atomic E-state index is 12.7. The van der Waals surface area contributed by atoms with Crippen molar-refractivity contribution in [3.05, 3.63) is 25.3 Å². The molecule has 49 heavy (non-hydrogen) atoms. The molecule has 11 unspecified atom stereocenters. The maximum Gasteiger partial charge on any atom is 0.490 e. The van der Waals surface area contributed by atoms with E-state index in [1.165, 1.54) is 10.9 Å². The summed E-state index contributed by atoms with van der Waals surface area (Å²) in [5.74, 6) is -0.00308. The summed E-state index contributed by atoms with van der Waals surface area (Å²) in [5, 5.41) is 41.6. The van der Waals surface area contributed by atoms with E-state index in [0.717, 1.165) is 23.5 Å². The van der Waals surface area contributed by atoms with Crippen molar-refractivity contribution in [1.29, 1.82) is 0 Å². The van der Waals surface area contributed by atoms with E-state index in [2.05, 4.69) is 43.0 Å². The highest BCUT2D eigenvalue weighted by molar-refractivity contribution is 7.66. The number of anilines is 2. The number of imidazole rings is 2. The molecule has 6 heterocycles. The highest BCUT2D eigenvalue weighted by Crippen LogP contribution is 2.68. The molecule has 11 atom stereocenters. The summed E-state index contributed by atoms with van der Waals surface area (Å²) in [5.41, 5.74) is 11.9. The number of fused-ring (bicyclic) bond motifs is 2. The first-order valence-electron chi connectivity index (χ1n) is 13.6. The van der Waals surface area contributed by atoms with Crippen molar-refractivity contribution in [2.24, 2.45) is 0 Å². The minimum absolute atomic E-state index is 0.0124. The number of aliphatic hydroxyl groups excluding tert-OH is 4. The number of hydrogen-bond acceptors (Lipinski definition) is 21. The second-order valence-corrected chi connectivity index (χ2v) is 15.0. The van der Waals surface area contributed by atoms with Crippen molar-refractivity contribution in [3.63, 3.8) is 0 Å². The molecule has 26 nitrogen and oxygen atoms in total. The summed E-state index contributed by atoms with van der Waals surface area (Å²) in [7, 11) is -17.5. The number of hydrogen-bond donors (Lipinski definition) is 9. The van der Waals surface area contributed by atoms with Crippen LogP contribution >= 0.6 is 23.5 Å². The Morgan fingerprint density at radius 3 is 1.78 bits per heavy atom. The zero-order valence-electron chi connectivity index (χ0n) is 24.2.